The summed E-state index contributed by atoms with van der Waals surface area (Å²) in [4.78, 5) is 0. The molecule has 0 nitrogen and oxygen atoms in total. The second-order valence-corrected chi connectivity index (χ2v) is 8.68. The minimum Gasteiger partial charge on any atom is -0.0885 e. The van der Waals surface area contributed by atoms with Gasteiger partial charge in [0, 0.05) is 0 Å². The zero-order chi connectivity index (χ0) is 20.4. The molecule has 0 atom stereocenters. The van der Waals surface area contributed by atoms with E-state index in [-0.39, 0.29) is 0 Å². The highest BCUT2D eigenvalue weighted by molar-refractivity contribution is 5.85. The van der Waals surface area contributed by atoms with Crippen molar-refractivity contribution < 1.29 is 0 Å². The van der Waals surface area contributed by atoms with Crippen molar-refractivity contribution in [1.82, 2.24) is 0 Å². The number of allylic oxidation sites excluding steroid dienone is 2. The van der Waals surface area contributed by atoms with Gasteiger partial charge in [0.15, 0.2) is 0 Å². The van der Waals surface area contributed by atoms with E-state index in [0.717, 1.165) is 12.8 Å². The molecule has 0 aliphatic heterocycles. The molecule has 0 saturated heterocycles. The summed E-state index contributed by atoms with van der Waals surface area (Å²) in [6.45, 7) is 2.30. The molecule has 0 unspecified atom stereocenters. The Morgan fingerprint density at radius 3 is 1.79 bits per heavy atom. The lowest BCUT2D eigenvalue weighted by atomic mass is 10.0. The van der Waals surface area contributed by atoms with Gasteiger partial charge in [-0.3, -0.25) is 0 Å². The standard InChI is InChI=1S/C29H44/c1-2-3-4-5-6-7-8-9-10-11-12-13-14-15-16-17-18-22-27-24-21-25-28-23-19-20-26-29(27)28/h16-17,19-21,23-26H,2-15,18,22H2,1H3/b17-16+. The Morgan fingerprint density at radius 2 is 1.10 bits per heavy atom. The van der Waals surface area contributed by atoms with Crippen molar-refractivity contribution in [3.05, 3.63) is 60.2 Å². The van der Waals surface area contributed by atoms with Gasteiger partial charge in [0.05, 0.1) is 0 Å². The Hall–Kier alpha value is -1.56. The van der Waals surface area contributed by atoms with Crippen LogP contribution in [0.1, 0.15) is 109 Å². The van der Waals surface area contributed by atoms with Crippen LogP contribution >= 0.6 is 0 Å². The van der Waals surface area contributed by atoms with Crippen molar-refractivity contribution in [2.75, 3.05) is 0 Å². The van der Waals surface area contributed by atoms with Gasteiger partial charge in [-0.1, -0.05) is 139 Å². The maximum atomic E-state index is 2.41. The second kappa shape index (κ2) is 16.3. The first-order valence-electron chi connectivity index (χ1n) is 12.5. The fourth-order valence-electron chi connectivity index (χ4n) is 4.26. The number of hydrogen-bond donors (Lipinski definition) is 0. The molecule has 0 radical (unpaired) electrons. The van der Waals surface area contributed by atoms with Crippen LogP contribution in [0.2, 0.25) is 0 Å². The molecule has 0 N–H and O–H groups in total. The average Bonchev–Trinajstić information content (AvgIpc) is 2.76. The highest BCUT2D eigenvalue weighted by Crippen LogP contribution is 2.20. The van der Waals surface area contributed by atoms with Crippen molar-refractivity contribution in [3.8, 4) is 0 Å². The quantitative estimate of drug-likeness (QED) is 0.185. The van der Waals surface area contributed by atoms with Crippen molar-refractivity contribution >= 4 is 10.8 Å². The Morgan fingerprint density at radius 1 is 0.552 bits per heavy atom. The Balaban J connectivity index is 1.40. The Bertz CT molecular complexity index is 661. The van der Waals surface area contributed by atoms with Crippen molar-refractivity contribution in [1.29, 1.82) is 0 Å². The lowest BCUT2D eigenvalue weighted by Gasteiger charge is -2.04. The van der Waals surface area contributed by atoms with Gasteiger partial charge in [0.2, 0.25) is 0 Å². The molecule has 2 aromatic rings. The van der Waals surface area contributed by atoms with E-state index in [1.807, 2.05) is 0 Å². The first-order chi connectivity index (χ1) is 14.4. The molecule has 0 aliphatic rings. The predicted molar refractivity (Wildman–Crippen MR) is 132 cm³/mol. The van der Waals surface area contributed by atoms with Gasteiger partial charge >= 0.3 is 0 Å². The van der Waals surface area contributed by atoms with E-state index in [9.17, 15) is 0 Å². The number of unbranched alkanes of at least 4 members (excludes halogenated alkanes) is 13. The summed E-state index contributed by atoms with van der Waals surface area (Å²) >= 11 is 0. The van der Waals surface area contributed by atoms with Crippen molar-refractivity contribution in [3.63, 3.8) is 0 Å². The van der Waals surface area contributed by atoms with E-state index in [2.05, 4.69) is 61.5 Å². The lowest BCUT2D eigenvalue weighted by molar-refractivity contribution is 0.540. The van der Waals surface area contributed by atoms with Gasteiger partial charge in [0.25, 0.3) is 0 Å². The van der Waals surface area contributed by atoms with Gasteiger partial charge in [-0.2, -0.15) is 0 Å². The number of fused-ring (bicyclic) bond motifs is 1. The van der Waals surface area contributed by atoms with Crippen LogP contribution in [0.5, 0.6) is 0 Å². The molecule has 0 spiro atoms. The SMILES string of the molecule is CCCCCCCCCCCCCCC/C=C/CCc1cccc2ccccc12. The summed E-state index contributed by atoms with van der Waals surface area (Å²) in [5.41, 5.74) is 1.48. The molecule has 0 heteroatoms. The highest BCUT2D eigenvalue weighted by atomic mass is 14.0. The van der Waals surface area contributed by atoms with Crippen LogP contribution in [0.25, 0.3) is 10.8 Å². The third kappa shape index (κ3) is 10.7. The summed E-state index contributed by atoms with van der Waals surface area (Å²) in [7, 11) is 0. The molecule has 2 aromatic carbocycles. The van der Waals surface area contributed by atoms with Crippen LogP contribution in [0.15, 0.2) is 54.6 Å². The fraction of sp³-hybridized carbons (Fsp3) is 0.586. The molecule has 0 bridgehead atoms. The Kier molecular flexibility index (Phi) is 13.3. The van der Waals surface area contributed by atoms with Gasteiger partial charge in [-0.05, 0) is 42.0 Å². The van der Waals surface area contributed by atoms with E-state index in [0.29, 0.717) is 0 Å². The molecule has 0 aromatic heterocycles. The molecule has 0 fully saturated rings. The molecule has 29 heavy (non-hydrogen) atoms. The number of hydrogen-bond acceptors (Lipinski definition) is 0. The van der Waals surface area contributed by atoms with E-state index in [1.165, 1.54) is 106 Å². The molecule has 160 valence electrons. The molecule has 0 heterocycles. The topological polar surface area (TPSA) is 0 Å². The summed E-state index contributed by atoms with van der Waals surface area (Å²) in [6, 6.07) is 15.4. The van der Waals surface area contributed by atoms with Crippen LogP contribution in [0, 0.1) is 0 Å². The van der Waals surface area contributed by atoms with Crippen LogP contribution in [0.3, 0.4) is 0 Å². The monoisotopic (exact) mass is 392 g/mol. The fourth-order valence-corrected chi connectivity index (χ4v) is 4.26. The zero-order valence-corrected chi connectivity index (χ0v) is 19.0. The van der Waals surface area contributed by atoms with Crippen LogP contribution < -0.4 is 0 Å². The maximum Gasteiger partial charge on any atom is -0.0152 e. The first-order valence-corrected chi connectivity index (χ1v) is 12.5. The van der Waals surface area contributed by atoms with Crippen molar-refractivity contribution in [2.45, 2.75) is 110 Å². The van der Waals surface area contributed by atoms with Gasteiger partial charge in [0.1, 0.15) is 0 Å². The number of rotatable bonds is 17. The van der Waals surface area contributed by atoms with E-state index >= 15 is 0 Å². The van der Waals surface area contributed by atoms with E-state index in [1.54, 1.807) is 0 Å². The second-order valence-electron chi connectivity index (χ2n) is 8.68. The van der Waals surface area contributed by atoms with Crippen LogP contribution in [-0.2, 0) is 6.42 Å². The van der Waals surface area contributed by atoms with Gasteiger partial charge < -0.3 is 0 Å². The smallest absolute Gasteiger partial charge is 0.0152 e. The molecular formula is C29H44. The summed E-state index contributed by atoms with van der Waals surface area (Å²) in [5.74, 6) is 0. The predicted octanol–water partition coefficient (Wildman–Crippen LogP) is 9.81. The zero-order valence-electron chi connectivity index (χ0n) is 19.0. The van der Waals surface area contributed by atoms with Crippen molar-refractivity contribution in [2.24, 2.45) is 0 Å². The first kappa shape index (κ1) is 23.7. The lowest BCUT2D eigenvalue weighted by Crippen LogP contribution is -1.86. The van der Waals surface area contributed by atoms with Gasteiger partial charge in [-0.15, -0.1) is 0 Å². The molecular weight excluding hydrogens is 348 g/mol. The number of aryl methyl sites for hydroxylation is 1. The van der Waals surface area contributed by atoms with Gasteiger partial charge in [-0.25, -0.2) is 0 Å². The normalized spacial score (nSPS) is 11.6. The largest absolute Gasteiger partial charge is 0.0885 e. The summed E-state index contributed by atoms with van der Waals surface area (Å²) < 4.78 is 0. The maximum absolute atomic E-state index is 2.41. The average molecular weight is 393 g/mol. The summed E-state index contributed by atoms with van der Waals surface area (Å²) in [6.07, 6.45) is 27.0. The molecule has 2 rings (SSSR count). The molecule has 0 saturated carbocycles. The summed E-state index contributed by atoms with van der Waals surface area (Å²) in [5, 5.41) is 2.78. The third-order valence-corrected chi connectivity index (χ3v) is 6.10. The number of benzene rings is 2. The molecule has 0 amide bonds. The minimum atomic E-state index is 1.15. The minimum absolute atomic E-state index is 1.15. The van der Waals surface area contributed by atoms with Crippen LogP contribution in [-0.4, -0.2) is 0 Å². The highest BCUT2D eigenvalue weighted by Gasteiger charge is 1.98. The molecule has 0 aliphatic carbocycles. The van der Waals surface area contributed by atoms with E-state index < -0.39 is 0 Å². The van der Waals surface area contributed by atoms with Crippen LogP contribution in [0.4, 0.5) is 0 Å². The Labute approximate surface area is 180 Å². The third-order valence-electron chi connectivity index (χ3n) is 6.10. The van der Waals surface area contributed by atoms with E-state index in [4.69, 9.17) is 0 Å².